The highest BCUT2D eigenvalue weighted by Crippen LogP contribution is 2.28. The number of amidine groups is 1. The van der Waals surface area contributed by atoms with Gasteiger partial charge in [-0.2, -0.15) is 0 Å². The van der Waals surface area contributed by atoms with Gasteiger partial charge < -0.3 is 15.7 Å². The largest absolute Gasteiger partial charge is 0.493 e. The molecule has 0 atom stereocenters. The van der Waals surface area contributed by atoms with Gasteiger partial charge in [0, 0.05) is 10.4 Å². The van der Waals surface area contributed by atoms with Gasteiger partial charge in [-0.15, -0.1) is 0 Å². The molecule has 0 unspecified atom stereocenters. The summed E-state index contributed by atoms with van der Waals surface area (Å²) in [6.45, 7) is 8.23. The van der Waals surface area contributed by atoms with Crippen molar-refractivity contribution in [3.63, 3.8) is 0 Å². The Morgan fingerprint density at radius 3 is 2.37 bits per heavy atom. The first-order valence-electron chi connectivity index (χ1n) is 6.15. The van der Waals surface area contributed by atoms with E-state index in [0.717, 1.165) is 16.9 Å². The van der Waals surface area contributed by atoms with Crippen LogP contribution in [-0.4, -0.2) is 17.6 Å². The highest BCUT2D eigenvalue weighted by molar-refractivity contribution is 6.30. The van der Waals surface area contributed by atoms with Crippen LogP contribution >= 0.6 is 11.6 Å². The number of benzene rings is 1. The van der Waals surface area contributed by atoms with Gasteiger partial charge in [0.15, 0.2) is 0 Å². The molecule has 4 nitrogen and oxygen atoms in total. The van der Waals surface area contributed by atoms with Gasteiger partial charge in [0.1, 0.15) is 11.6 Å². The number of halogens is 1. The fraction of sp³-hybridized carbons (Fsp3) is 0.500. The Balaban J connectivity index is 2.69. The highest BCUT2D eigenvalue weighted by Gasteiger charge is 2.23. The van der Waals surface area contributed by atoms with Crippen LogP contribution in [0.15, 0.2) is 17.3 Å². The molecular weight excluding hydrogens is 264 g/mol. The summed E-state index contributed by atoms with van der Waals surface area (Å²) in [6.07, 6.45) is 0.657. The van der Waals surface area contributed by atoms with Gasteiger partial charge in [-0.25, -0.2) is 0 Å². The summed E-state index contributed by atoms with van der Waals surface area (Å²) in [6, 6.07) is 3.75. The summed E-state index contributed by atoms with van der Waals surface area (Å²) < 4.78 is 5.80. The van der Waals surface area contributed by atoms with Crippen LogP contribution in [0.3, 0.4) is 0 Å². The van der Waals surface area contributed by atoms with Crippen molar-refractivity contribution in [1.29, 1.82) is 0 Å². The van der Waals surface area contributed by atoms with Gasteiger partial charge in [-0.1, -0.05) is 30.6 Å². The molecule has 1 aromatic rings. The van der Waals surface area contributed by atoms with Crippen molar-refractivity contribution < 1.29 is 9.94 Å². The number of oxime groups is 1. The third-order valence-electron chi connectivity index (χ3n) is 3.20. The minimum absolute atomic E-state index is 0.209. The fourth-order valence-corrected chi connectivity index (χ4v) is 2.12. The monoisotopic (exact) mass is 284 g/mol. The van der Waals surface area contributed by atoms with Crippen molar-refractivity contribution >= 4 is 17.4 Å². The van der Waals surface area contributed by atoms with Crippen LogP contribution in [0.2, 0.25) is 5.02 Å². The third kappa shape index (κ3) is 4.03. The predicted molar refractivity (Wildman–Crippen MR) is 78.2 cm³/mol. The number of nitrogens with two attached hydrogens (primary N) is 1. The van der Waals surface area contributed by atoms with E-state index in [4.69, 9.17) is 27.3 Å². The number of hydrogen-bond donors (Lipinski definition) is 2. The second-order valence-electron chi connectivity index (χ2n) is 5.34. The van der Waals surface area contributed by atoms with Crippen LogP contribution in [0.4, 0.5) is 0 Å². The Hall–Kier alpha value is -1.42. The Morgan fingerprint density at radius 2 is 1.89 bits per heavy atom. The van der Waals surface area contributed by atoms with Crippen molar-refractivity contribution in [2.75, 3.05) is 6.61 Å². The van der Waals surface area contributed by atoms with E-state index in [1.54, 1.807) is 0 Å². The lowest BCUT2D eigenvalue weighted by atomic mass is 9.88. The van der Waals surface area contributed by atoms with Crippen LogP contribution < -0.4 is 10.5 Å². The van der Waals surface area contributed by atoms with Crippen molar-refractivity contribution in [3.8, 4) is 5.75 Å². The summed E-state index contributed by atoms with van der Waals surface area (Å²) in [5, 5.41) is 12.5. The molecule has 19 heavy (non-hydrogen) atoms. The normalized spacial score (nSPS) is 12.6. The van der Waals surface area contributed by atoms with Crippen LogP contribution in [0.5, 0.6) is 5.75 Å². The molecule has 1 aromatic carbocycles. The summed E-state index contributed by atoms with van der Waals surface area (Å²) >= 11 is 5.97. The lowest BCUT2D eigenvalue weighted by molar-refractivity contribution is 0.257. The summed E-state index contributed by atoms with van der Waals surface area (Å²) in [5.74, 6) is 1.06. The maximum atomic E-state index is 8.71. The number of nitrogens with zero attached hydrogens (tertiary/aromatic N) is 1. The standard InChI is InChI=1S/C14H21ClN2O2/c1-9-7-11(15)8-10(2)12(9)19-6-5-14(3,4)13(16)17-18/h7-8,18H,5-6H2,1-4H3,(H2,16,17). The van der Waals surface area contributed by atoms with Gasteiger partial charge in [-0.05, 0) is 43.5 Å². The summed E-state index contributed by atoms with van der Waals surface area (Å²) in [4.78, 5) is 0. The average Bonchev–Trinajstić information content (AvgIpc) is 2.31. The topological polar surface area (TPSA) is 67.8 Å². The zero-order chi connectivity index (χ0) is 14.6. The van der Waals surface area contributed by atoms with Crippen LogP contribution in [0.25, 0.3) is 0 Å². The van der Waals surface area contributed by atoms with E-state index in [1.807, 2.05) is 39.8 Å². The predicted octanol–water partition coefficient (Wildman–Crippen LogP) is 3.50. The summed E-state index contributed by atoms with van der Waals surface area (Å²) in [5.41, 5.74) is 7.25. The molecule has 0 aliphatic heterocycles. The molecule has 0 spiro atoms. The first kappa shape index (κ1) is 15.6. The van der Waals surface area contributed by atoms with Gasteiger partial charge in [-0.3, -0.25) is 0 Å². The first-order chi connectivity index (χ1) is 8.77. The fourth-order valence-electron chi connectivity index (χ4n) is 1.80. The lowest BCUT2D eigenvalue weighted by Gasteiger charge is -2.23. The molecule has 0 saturated heterocycles. The minimum Gasteiger partial charge on any atom is -0.493 e. The average molecular weight is 285 g/mol. The minimum atomic E-state index is -0.400. The molecular formula is C14H21ClN2O2. The molecule has 0 saturated carbocycles. The van der Waals surface area contributed by atoms with E-state index >= 15 is 0 Å². The number of rotatable bonds is 5. The van der Waals surface area contributed by atoms with Gasteiger partial charge >= 0.3 is 0 Å². The Labute approximate surface area is 119 Å². The molecule has 0 amide bonds. The maximum Gasteiger partial charge on any atom is 0.144 e. The molecule has 0 bridgehead atoms. The van der Waals surface area contributed by atoms with Crippen molar-refractivity contribution in [3.05, 3.63) is 28.3 Å². The smallest absolute Gasteiger partial charge is 0.144 e. The number of hydrogen-bond acceptors (Lipinski definition) is 3. The zero-order valence-corrected chi connectivity index (χ0v) is 12.6. The Kier molecular flexibility index (Phi) is 5.06. The quantitative estimate of drug-likeness (QED) is 0.376. The lowest BCUT2D eigenvalue weighted by Crippen LogP contribution is -2.33. The Bertz CT molecular complexity index is 461. The second kappa shape index (κ2) is 6.15. The molecule has 0 aliphatic rings. The number of ether oxygens (including phenoxy) is 1. The van der Waals surface area contributed by atoms with Crippen LogP contribution in [0, 0.1) is 19.3 Å². The molecule has 0 aromatic heterocycles. The molecule has 0 heterocycles. The molecule has 0 radical (unpaired) electrons. The van der Waals surface area contributed by atoms with E-state index in [1.165, 1.54) is 0 Å². The maximum absolute atomic E-state index is 8.71. The molecule has 0 fully saturated rings. The molecule has 5 heteroatoms. The molecule has 3 N–H and O–H groups in total. The van der Waals surface area contributed by atoms with E-state index in [-0.39, 0.29) is 5.84 Å². The Morgan fingerprint density at radius 1 is 1.37 bits per heavy atom. The molecule has 106 valence electrons. The SMILES string of the molecule is Cc1cc(Cl)cc(C)c1OCCC(C)(C)C(N)=NO. The van der Waals surface area contributed by atoms with Crippen molar-refractivity contribution in [1.82, 2.24) is 0 Å². The van der Waals surface area contributed by atoms with Gasteiger partial charge in [0.05, 0.1) is 6.61 Å². The molecule has 1 rings (SSSR count). The number of aryl methyl sites for hydroxylation is 2. The third-order valence-corrected chi connectivity index (χ3v) is 3.42. The highest BCUT2D eigenvalue weighted by atomic mass is 35.5. The van der Waals surface area contributed by atoms with E-state index in [2.05, 4.69) is 5.16 Å². The van der Waals surface area contributed by atoms with Crippen LogP contribution in [0.1, 0.15) is 31.4 Å². The zero-order valence-electron chi connectivity index (χ0n) is 11.8. The van der Waals surface area contributed by atoms with Gasteiger partial charge in [0.25, 0.3) is 0 Å². The van der Waals surface area contributed by atoms with Crippen molar-refractivity contribution in [2.45, 2.75) is 34.1 Å². The van der Waals surface area contributed by atoms with E-state index < -0.39 is 5.41 Å². The second-order valence-corrected chi connectivity index (χ2v) is 5.77. The van der Waals surface area contributed by atoms with Gasteiger partial charge in [0.2, 0.25) is 0 Å². The first-order valence-corrected chi connectivity index (χ1v) is 6.53. The van der Waals surface area contributed by atoms with Crippen LogP contribution in [-0.2, 0) is 0 Å². The van der Waals surface area contributed by atoms with E-state index in [9.17, 15) is 0 Å². The van der Waals surface area contributed by atoms with Crippen molar-refractivity contribution in [2.24, 2.45) is 16.3 Å². The molecule has 0 aliphatic carbocycles. The van der Waals surface area contributed by atoms with E-state index in [0.29, 0.717) is 18.1 Å². The summed E-state index contributed by atoms with van der Waals surface area (Å²) in [7, 11) is 0.